The molecule has 108 valence electrons. The number of thiazole rings is 1. The first-order chi connectivity index (χ1) is 10.7. The number of aromatic nitrogens is 1. The van der Waals surface area contributed by atoms with Crippen LogP contribution in [0.15, 0.2) is 42.5 Å². The monoisotopic (exact) mass is 327 g/mol. The SMILES string of the molecule is C#CCOC(=O)c1ccc2nc(-c3ccccc3Cl)sc2c1. The zero-order valence-electron chi connectivity index (χ0n) is 11.4. The number of terminal acetylenes is 1. The summed E-state index contributed by atoms with van der Waals surface area (Å²) in [5.41, 5.74) is 2.15. The van der Waals surface area contributed by atoms with Gasteiger partial charge in [-0.3, -0.25) is 0 Å². The molecule has 3 nitrogen and oxygen atoms in total. The number of carbonyl (C=O) groups excluding carboxylic acids is 1. The first-order valence-corrected chi connectivity index (χ1v) is 7.64. The molecule has 0 aliphatic heterocycles. The molecule has 0 atom stereocenters. The van der Waals surface area contributed by atoms with Crippen molar-refractivity contribution in [2.45, 2.75) is 0 Å². The summed E-state index contributed by atoms with van der Waals surface area (Å²) in [4.78, 5) is 16.4. The molecule has 0 fully saturated rings. The Hall–Kier alpha value is -2.35. The summed E-state index contributed by atoms with van der Waals surface area (Å²) in [6, 6.07) is 12.8. The van der Waals surface area contributed by atoms with Crippen molar-refractivity contribution in [2.24, 2.45) is 0 Å². The first kappa shape index (κ1) is 14.6. The lowest BCUT2D eigenvalue weighted by Crippen LogP contribution is -2.04. The van der Waals surface area contributed by atoms with E-state index in [-0.39, 0.29) is 6.61 Å². The zero-order chi connectivity index (χ0) is 15.5. The van der Waals surface area contributed by atoms with Crippen LogP contribution < -0.4 is 0 Å². The minimum absolute atomic E-state index is 0.0373. The number of hydrogen-bond acceptors (Lipinski definition) is 4. The van der Waals surface area contributed by atoms with Crippen LogP contribution in [0.25, 0.3) is 20.8 Å². The summed E-state index contributed by atoms with van der Waals surface area (Å²) in [6.45, 7) is -0.0373. The predicted molar refractivity (Wildman–Crippen MR) is 89.2 cm³/mol. The van der Waals surface area contributed by atoms with Crippen molar-refractivity contribution in [1.82, 2.24) is 4.98 Å². The number of carbonyl (C=O) groups is 1. The topological polar surface area (TPSA) is 39.2 Å². The molecule has 0 amide bonds. The third kappa shape index (κ3) is 2.82. The Morgan fingerprint density at radius 1 is 1.32 bits per heavy atom. The van der Waals surface area contributed by atoms with Crippen LogP contribution >= 0.6 is 22.9 Å². The Balaban J connectivity index is 1.99. The molecule has 0 saturated carbocycles. The highest BCUT2D eigenvalue weighted by Crippen LogP contribution is 2.34. The molecule has 0 bridgehead atoms. The van der Waals surface area contributed by atoms with Gasteiger partial charge in [0.1, 0.15) is 5.01 Å². The van der Waals surface area contributed by atoms with Gasteiger partial charge in [-0.2, -0.15) is 0 Å². The van der Waals surface area contributed by atoms with Gasteiger partial charge >= 0.3 is 5.97 Å². The molecule has 0 radical (unpaired) electrons. The Labute approximate surface area is 136 Å². The molecule has 2 aromatic carbocycles. The van der Waals surface area contributed by atoms with Crippen molar-refractivity contribution in [3.63, 3.8) is 0 Å². The zero-order valence-corrected chi connectivity index (χ0v) is 12.9. The number of rotatable bonds is 3. The fourth-order valence-corrected chi connectivity index (χ4v) is 3.32. The van der Waals surface area contributed by atoms with Gasteiger partial charge in [-0.1, -0.05) is 35.7 Å². The summed E-state index contributed by atoms with van der Waals surface area (Å²) in [6.07, 6.45) is 5.08. The lowest BCUT2D eigenvalue weighted by molar-refractivity contribution is 0.0557. The number of esters is 1. The van der Waals surface area contributed by atoms with E-state index in [2.05, 4.69) is 10.9 Å². The molecule has 0 spiro atoms. The maximum absolute atomic E-state index is 11.8. The van der Waals surface area contributed by atoms with Gasteiger partial charge in [0.05, 0.1) is 20.8 Å². The number of ether oxygens (including phenoxy) is 1. The number of fused-ring (bicyclic) bond motifs is 1. The van der Waals surface area contributed by atoms with Gasteiger partial charge in [0.2, 0.25) is 0 Å². The average Bonchev–Trinajstić information content (AvgIpc) is 2.95. The van der Waals surface area contributed by atoms with Crippen LogP contribution in [-0.2, 0) is 4.74 Å². The van der Waals surface area contributed by atoms with Crippen molar-refractivity contribution >= 4 is 39.1 Å². The van der Waals surface area contributed by atoms with Crippen molar-refractivity contribution in [2.75, 3.05) is 6.61 Å². The molecule has 22 heavy (non-hydrogen) atoms. The predicted octanol–water partition coefficient (Wildman–Crippen LogP) is 4.41. The fourth-order valence-electron chi connectivity index (χ4n) is 1.99. The number of nitrogens with zero attached hydrogens (tertiary/aromatic N) is 1. The molecular formula is C17H10ClNO2S. The normalized spacial score (nSPS) is 10.4. The molecule has 3 aromatic rings. The minimum atomic E-state index is -0.437. The maximum atomic E-state index is 11.8. The van der Waals surface area contributed by atoms with Crippen molar-refractivity contribution in [3.8, 4) is 22.9 Å². The lowest BCUT2D eigenvalue weighted by atomic mass is 10.2. The fraction of sp³-hybridized carbons (Fsp3) is 0.0588. The van der Waals surface area contributed by atoms with Gasteiger partial charge in [-0.05, 0) is 24.3 Å². The van der Waals surface area contributed by atoms with Crippen LogP contribution in [0.2, 0.25) is 5.02 Å². The van der Waals surface area contributed by atoms with Gasteiger partial charge in [-0.15, -0.1) is 17.8 Å². The minimum Gasteiger partial charge on any atom is -0.449 e. The Morgan fingerprint density at radius 2 is 2.14 bits per heavy atom. The lowest BCUT2D eigenvalue weighted by Gasteiger charge is -2.00. The van der Waals surface area contributed by atoms with Gasteiger partial charge in [-0.25, -0.2) is 9.78 Å². The number of benzene rings is 2. The van der Waals surface area contributed by atoms with Crippen molar-refractivity contribution < 1.29 is 9.53 Å². The second-order valence-corrected chi connectivity index (χ2v) is 5.90. The Morgan fingerprint density at radius 3 is 2.91 bits per heavy atom. The molecular weight excluding hydrogens is 318 g/mol. The van der Waals surface area contributed by atoms with E-state index in [1.807, 2.05) is 24.3 Å². The molecule has 0 aliphatic rings. The van der Waals surface area contributed by atoms with E-state index < -0.39 is 5.97 Å². The van der Waals surface area contributed by atoms with E-state index in [1.54, 1.807) is 18.2 Å². The smallest absolute Gasteiger partial charge is 0.339 e. The van der Waals surface area contributed by atoms with E-state index >= 15 is 0 Å². The van der Waals surface area contributed by atoms with Gasteiger partial charge in [0.25, 0.3) is 0 Å². The Bertz CT molecular complexity index is 895. The average molecular weight is 328 g/mol. The van der Waals surface area contributed by atoms with Crippen LogP contribution in [-0.4, -0.2) is 17.6 Å². The van der Waals surface area contributed by atoms with Crippen LogP contribution in [0.1, 0.15) is 10.4 Å². The number of halogens is 1. The second-order valence-electron chi connectivity index (χ2n) is 4.46. The summed E-state index contributed by atoms with van der Waals surface area (Å²) in [5, 5.41) is 1.46. The highest BCUT2D eigenvalue weighted by atomic mass is 35.5. The molecule has 1 aromatic heterocycles. The van der Waals surface area contributed by atoms with Crippen molar-refractivity contribution in [3.05, 3.63) is 53.1 Å². The van der Waals surface area contributed by atoms with E-state index in [1.165, 1.54) is 11.3 Å². The molecule has 0 N–H and O–H groups in total. The molecule has 0 saturated heterocycles. The number of hydrogen-bond donors (Lipinski definition) is 0. The molecule has 0 unspecified atom stereocenters. The third-order valence-electron chi connectivity index (χ3n) is 3.02. The summed E-state index contributed by atoms with van der Waals surface area (Å²) in [5.74, 6) is 1.83. The Kier molecular flexibility index (Phi) is 4.10. The highest BCUT2D eigenvalue weighted by molar-refractivity contribution is 7.21. The standard InChI is InChI=1S/C17H10ClNO2S/c1-2-9-21-17(20)11-7-8-14-15(10-11)22-16(19-14)12-5-3-4-6-13(12)18/h1,3-8,10H,9H2. The summed E-state index contributed by atoms with van der Waals surface area (Å²) in [7, 11) is 0. The van der Waals surface area contributed by atoms with E-state index in [9.17, 15) is 4.79 Å². The molecule has 0 aliphatic carbocycles. The first-order valence-electron chi connectivity index (χ1n) is 6.45. The maximum Gasteiger partial charge on any atom is 0.339 e. The van der Waals surface area contributed by atoms with E-state index in [4.69, 9.17) is 22.8 Å². The van der Waals surface area contributed by atoms with Crippen LogP contribution in [0.3, 0.4) is 0 Å². The van der Waals surface area contributed by atoms with Gasteiger partial charge in [0.15, 0.2) is 6.61 Å². The van der Waals surface area contributed by atoms with Gasteiger partial charge < -0.3 is 4.74 Å². The summed E-state index contributed by atoms with van der Waals surface area (Å²) >= 11 is 7.68. The van der Waals surface area contributed by atoms with E-state index in [0.717, 1.165) is 20.8 Å². The van der Waals surface area contributed by atoms with Crippen LogP contribution in [0.4, 0.5) is 0 Å². The quantitative estimate of drug-likeness (QED) is 0.528. The molecule has 5 heteroatoms. The summed E-state index contributed by atoms with van der Waals surface area (Å²) < 4.78 is 5.82. The molecule has 1 heterocycles. The largest absolute Gasteiger partial charge is 0.449 e. The van der Waals surface area contributed by atoms with Gasteiger partial charge in [0, 0.05) is 5.56 Å². The highest BCUT2D eigenvalue weighted by Gasteiger charge is 2.12. The van der Waals surface area contributed by atoms with Crippen LogP contribution in [0, 0.1) is 12.3 Å². The van der Waals surface area contributed by atoms with Crippen LogP contribution in [0.5, 0.6) is 0 Å². The van der Waals surface area contributed by atoms with E-state index in [0.29, 0.717) is 10.6 Å². The molecule has 3 rings (SSSR count). The van der Waals surface area contributed by atoms with Crippen molar-refractivity contribution in [1.29, 1.82) is 0 Å². The second kappa shape index (κ2) is 6.18. The third-order valence-corrected chi connectivity index (χ3v) is 4.40.